The molecule has 13 heteroatoms. The summed E-state index contributed by atoms with van der Waals surface area (Å²) in [4.78, 5) is 55.9. The lowest BCUT2D eigenvalue weighted by Gasteiger charge is -2.31. The highest BCUT2D eigenvalue weighted by molar-refractivity contribution is 8.00. The zero-order valence-corrected chi connectivity index (χ0v) is 27.4. The lowest BCUT2D eigenvalue weighted by Crippen LogP contribution is -2.33. The number of ether oxygens (including phenoxy) is 1. The number of aromatic nitrogens is 1. The second-order valence-electron chi connectivity index (χ2n) is 12.4. The first-order valence-electron chi connectivity index (χ1n) is 14.7. The number of carbonyl (C=O) groups excluding carboxylic acids is 3. The number of thiazole rings is 1. The number of alkyl halides is 3. The van der Waals surface area contributed by atoms with Crippen LogP contribution in [0.1, 0.15) is 48.3 Å². The molecule has 3 amide bonds. The Kier molecular flexibility index (Phi) is 8.33. The van der Waals surface area contributed by atoms with Gasteiger partial charge in [0.2, 0.25) is 17.7 Å². The van der Waals surface area contributed by atoms with Crippen molar-refractivity contribution < 1.29 is 32.3 Å². The fraction of sp³-hybridized carbons (Fsp3) is 0.294. The minimum atomic E-state index is -4.59. The van der Waals surface area contributed by atoms with E-state index < -0.39 is 58.0 Å². The molecule has 0 radical (unpaired) electrons. The molecule has 1 aromatic heterocycles. The molecule has 244 valence electrons. The predicted octanol–water partition coefficient (Wildman–Crippen LogP) is 6.67. The van der Waals surface area contributed by atoms with Crippen LogP contribution < -0.4 is 19.8 Å². The van der Waals surface area contributed by atoms with Crippen LogP contribution in [0.25, 0.3) is 0 Å². The van der Waals surface area contributed by atoms with E-state index in [0.717, 1.165) is 51.3 Å². The zero-order chi connectivity index (χ0) is 33.8. The van der Waals surface area contributed by atoms with Crippen molar-refractivity contribution in [3.8, 4) is 5.75 Å². The number of anilines is 2. The topological polar surface area (TPSA) is 97.7 Å². The minimum absolute atomic E-state index is 0.0711. The molecule has 3 heterocycles. The maximum Gasteiger partial charge on any atom is 0.416 e. The Hall–Kier alpha value is -4.36. The van der Waals surface area contributed by atoms with E-state index in [2.05, 4.69) is 26.1 Å². The van der Waals surface area contributed by atoms with Crippen LogP contribution in [0.5, 0.6) is 5.75 Å². The van der Waals surface area contributed by atoms with E-state index >= 15 is 0 Å². The van der Waals surface area contributed by atoms with Crippen LogP contribution in [-0.4, -0.2) is 34.6 Å². The summed E-state index contributed by atoms with van der Waals surface area (Å²) in [6, 6.07) is 18.6. The molecule has 1 fully saturated rings. The lowest BCUT2D eigenvalue weighted by molar-refractivity contribution is -0.137. The van der Waals surface area contributed by atoms with Gasteiger partial charge in [-0.25, -0.2) is 4.90 Å². The maximum atomic E-state index is 14.1. The van der Waals surface area contributed by atoms with Gasteiger partial charge in [0.05, 0.1) is 29.3 Å². The summed E-state index contributed by atoms with van der Waals surface area (Å²) in [5.41, 5.74) is 1.06. The number of fused-ring (bicyclic) bond motifs is 2. The van der Waals surface area contributed by atoms with Crippen molar-refractivity contribution in [1.29, 1.82) is 0 Å². The fourth-order valence-corrected chi connectivity index (χ4v) is 8.68. The van der Waals surface area contributed by atoms with E-state index in [1.165, 1.54) is 23.8 Å². The highest BCUT2D eigenvalue weighted by Gasteiger charge is 2.56. The first kappa shape index (κ1) is 32.6. The molecule has 8 nitrogen and oxygen atoms in total. The maximum absolute atomic E-state index is 14.1. The molecule has 47 heavy (non-hydrogen) atoms. The van der Waals surface area contributed by atoms with Gasteiger partial charge in [0.25, 0.3) is 0 Å². The number of methoxy groups -OCH3 is 1. The first-order valence-corrected chi connectivity index (χ1v) is 16.4. The van der Waals surface area contributed by atoms with Gasteiger partial charge in [-0.3, -0.25) is 23.7 Å². The SMILES string of the molecule is COc1ccc(N2C(=O)[C@H]3[C@H](c4ccc(C(C)(C)C)cc4)c4sc(=O)n(CC(=O)Nc5cccc(C(F)(F)F)c5)c4S[C@H]3C2=O)cc1. The third-order valence-corrected chi connectivity index (χ3v) is 10.9. The molecular formula is C34H30F3N3O5S2. The summed E-state index contributed by atoms with van der Waals surface area (Å²) in [6.45, 7) is 5.74. The fourth-order valence-electron chi connectivity index (χ4n) is 5.91. The number of benzene rings is 3. The molecule has 0 spiro atoms. The number of nitrogens with zero attached hydrogens (tertiary/aromatic N) is 2. The van der Waals surface area contributed by atoms with Crippen molar-refractivity contribution >= 4 is 52.2 Å². The van der Waals surface area contributed by atoms with E-state index in [-0.39, 0.29) is 11.1 Å². The van der Waals surface area contributed by atoms with Crippen molar-refractivity contribution in [3.05, 3.63) is 104 Å². The van der Waals surface area contributed by atoms with Gasteiger partial charge in [-0.05, 0) is 59.0 Å². The molecule has 1 saturated heterocycles. The van der Waals surface area contributed by atoms with Gasteiger partial charge in [0, 0.05) is 16.5 Å². The Morgan fingerprint density at radius 1 is 0.915 bits per heavy atom. The highest BCUT2D eigenvalue weighted by Crippen LogP contribution is 2.54. The Morgan fingerprint density at radius 3 is 2.21 bits per heavy atom. The molecular weight excluding hydrogens is 652 g/mol. The normalized spacial score (nSPS) is 19.4. The molecule has 0 bridgehead atoms. The molecule has 0 aliphatic carbocycles. The quantitative estimate of drug-likeness (QED) is 0.229. The van der Waals surface area contributed by atoms with Crippen molar-refractivity contribution in [1.82, 2.24) is 4.57 Å². The van der Waals surface area contributed by atoms with Gasteiger partial charge in [0.15, 0.2) is 0 Å². The molecule has 2 aliphatic heterocycles. The molecule has 2 aliphatic rings. The standard InChI is InChI=1S/C34H30F3N3O5S2/c1-33(2,3)19-10-8-18(9-11-19)25-26-27(30(43)40(29(26)42)22-12-14-23(45-4)15-13-22)46-31-28(25)47-32(44)39(31)17-24(41)38-21-7-5-6-20(16-21)34(35,36)37/h5-16,25-27H,17H2,1-4H3,(H,38,41)/t25-,26-,27+/m0/s1. The van der Waals surface area contributed by atoms with Crippen LogP contribution in [0.2, 0.25) is 0 Å². The van der Waals surface area contributed by atoms with Crippen LogP contribution in [0, 0.1) is 5.92 Å². The van der Waals surface area contributed by atoms with E-state index in [0.29, 0.717) is 21.3 Å². The highest BCUT2D eigenvalue weighted by atomic mass is 32.2. The number of hydrogen-bond donors (Lipinski definition) is 1. The van der Waals surface area contributed by atoms with Crippen molar-refractivity contribution in [2.24, 2.45) is 5.92 Å². The molecule has 1 N–H and O–H groups in total. The van der Waals surface area contributed by atoms with Gasteiger partial charge in [0.1, 0.15) is 17.5 Å². The molecule has 0 saturated carbocycles. The zero-order valence-electron chi connectivity index (χ0n) is 25.8. The second kappa shape index (κ2) is 12.0. The lowest BCUT2D eigenvalue weighted by atomic mass is 9.81. The van der Waals surface area contributed by atoms with Crippen molar-refractivity contribution in [2.45, 2.75) is 55.1 Å². The molecule has 3 atom stereocenters. The number of amides is 3. The molecule has 3 aromatic carbocycles. The monoisotopic (exact) mass is 681 g/mol. The van der Waals surface area contributed by atoms with Gasteiger partial charge in [-0.15, -0.1) is 0 Å². The van der Waals surface area contributed by atoms with Crippen LogP contribution in [-0.2, 0) is 32.5 Å². The number of nitrogens with one attached hydrogen (secondary N) is 1. The van der Waals surface area contributed by atoms with Crippen LogP contribution in [0.4, 0.5) is 24.5 Å². The summed E-state index contributed by atoms with van der Waals surface area (Å²) >= 11 is 1.96. The molecule has 6 rings (SSSR count). The number of hydrogen-bond acceptors (Lipinski definition) is 7. The Morgan fingerprint density at radius 2 is 1.60 bits per heavy atom. The van der Waals surface area contributed by atoms with Crippen molar-refractivity contribution in [2.75, 3.05) is 17.3 Å². The van der Waals surface area contributed by atoms with E-state index in [1.807, 2.05) is 24.3 Å². The summed E-state index contributed by atoms with van der Waals surface area (Å²) in [5.74, 6) is -2.48. The van der Waals surface area contributed by atoms with Gasteiger partial charge < -0.3 is 10.1 Å². The Balaban J connectivity index is 1.39. The van der Waals surface area contributed by atoms with E-state index in [9.17, 15) is 32.3 Å². The summed E-state index contributed by atoms with van der Waals surface area (Å²) in [6.07, 6.45) is -4.59. The molecule has 0 unspecified atom stereocenters. The largest absolute Gasteiger partial charge is 0.497 e. The number of carbonyl (C=O) groups is 3. The van der Waals surface area contributed by atoms with Gasteiger partial charge in [-0.1, -0.05) is 74.2 Å². The smallest absolute Gasteiger partial charge is 0.416 e. The molecule has 4 aromatic rings. The minimum Gasteiger partial charge on any atom is -0.497 e. The van der Waals surface area contributed by atoms with Gasteiger partial charge >= 0.3 is 11.0 Å². The van der Waals surface area contributed by atoms with Crippen LogP contribution >= 0.6 is 23.1 Å². The third kappa shape index (κ3) is 6.09. The number of rotatable bonds is 6. The number of thioether (sulfide) groups is 1. The Labute approximate surface area is 276 Å². The number of halogens is 3. The average molecular weight is 682 g/mol. The van der Waals surface area contributed by atoms with Crippen LogP contribution in [0.15, 0.2) is 82.6 Å². The van der Waals surface area contributed by atoms with E-state index in [1.54, 1.807) is 24.3 Å². The van der Waals surface area contributed by atoms with Crippen LogP contribution in [0.3, 0.4) is 0 Å². The summed E-state index contributed by atoms with van der Waals surface area (Å²) in [5, 5.41) is 1.93. The number of imide groups is 1. The Bertz CT molecular complexity index is 1930. The predicted molar refractivity (Wildman–Crippen MR) is 174 cm³/mol. The average Bonchev–Trinajstić information content (AvgIpc) is 3.46. The van der Waals surface area contributed by atoms with E-state index in [4.69, 9.17) is 4.74 Å². The third-order valence-electron chi connectivity index (χ3n) is 8.29. The first-order chi connectivity index (χ1) is 22.2. The second-order valence-corrected chi connectivity index (χ2v) is 14.5. The van der Waals surface area contributed by atoms with Crippen molar-refractivity contribution in [3.63, 3.8) is 0 Å². The summed E-state index contributed by atoms with van der Waals surface area (Å²) in [7, 11) is 1.51. The summed E-state index contributed by atoms with van der Waals surface area (Å²) < 4.78 is 46.1. The van der Waals surface area contributed by atoms with Gasteiger partial charge in [-0.2, -0.15) is 13.2 Å².